The Kier molecular flexibility index (Phi) is 4.58. The Hall–Kier alpha value is -1.36. The second-order valence-electron chi connectivity index (χ2n) is 5.28. The second kappa shape index (κ2) is 6.19. The molecule has 1 unspecified atom stereocenters. The van der Waals surface area contributed by atoms with Crippen LogP contribution in [-0.4, -0.2) is 36.8 Å². The number of nitrogens with two attached hydrogens (primary N) is 1. The number of nitrogens with zero attached hydrogens (tertiary/aromatic N) is 3. The zero-order chi connectivity index (χ0) is 13.8. The Balaban J connectivity index is 2.19. The molecule has 0 aliphatic carbocycles. The molecule has 1 atom stereocenters. The molecule has 1 saturated heterocycles. The van der Waals surface area contributed by atoms with Gasteiger partial charge in [0, 0.05) is 38.1 Å². The lowest BCUT2D eigenvalue weighted by Crippen LogP contribution is -2.24. The summed E-state index contributed by atoms with van der Waals surface area (Å²) in [5.74, 6) is 3.07. The van der Waals surface area contributed by atoms with Gasteiger partial charge >= 0.3 is 0 Å². The molecule has 5 nitrogen and oxygen atoms in total. The van der Waals surface area contributed by atoms with Crippen LogP contribution in [0, 0.1) is 12.8 Å². The molecule has 0 aromatic carbocycles. The standard InChI is InChI=1S/C14H24N4O/c1-4-5-12-16-13(15)10(2)14(17-12)18-7-6-11(8-18)9-19-3/h11H,4-9H2,1-3H3,(H2,15,16,17). The van der Waals surface area contributed by atoms with E-state index >= 15 is 0 Å². The summed E-state index contributed by atoms with van der Waals surface area (Å²) in [4.78, 5) is 11.4. The van der Waals surface area contributed by atoms with Crippen molar-refractivity contribution >= 4 is 11.6 Å². The molecule has 0 saturated carbocycles. The lowest BCUT2D eigenvalue weighted by atomic mass is 10.1. The number of methoxy groups -OCH3 is 1. The van der Waals surface area contributed by atoms with Crippen LogP contribution in [0.5, 0.6) is 0 Å². The van der Waals surface area contributed by atoms with Gasteiger partial charge < -0.3 is 15.4 Å². The molecule has 5 heteroatoms. The Bertz CT molecular complexity index is 436. The summed E-state index contributed by atoms with van der Waals surface area (Å²) >= 11 is 0. The summed E-state index contributed by atoms with van der Waals surface area (Å²) in [7, 11) is 1.76. The number of rotatable bonds is 5. The number of aromatic nitrogens is 2. The van der Waals surface area contributed by atoms with Crippen LogP contribution in [0.15, 0.2) is 0 Å². The Morgan fingerprint density at radius 3 is 2.89 bits per heavy atom. The quantitative estimate of drug-likeness (QED) is 0.878. The number of anilines is 2. The summed E-state index contributed by atoms with van der Waals surface area (Å²) in [5, 5.41) is 0. The molecule has 0 bridgehead atoms. The summed E-state index contributed by atoms with van der Waals surface area (Å²) in [6, 6.07) is 0. The molecule has 0 spiro atoms. The smallest absolute Gasteiger partial charge is 0.137 e. The van der Waals surface area contributed by atoms with E-state index < -0.39 is 0 Å². The highest BCUT2D eigenvalue weighted by Gasteiger charge is 2.25. The first kappa shape index (κ1) is 14.1. The predicted octanol–water partition coefficient (Wildman–Crippen LogP) is 1.79. The summed E-state index contributed by atoms with van der Waals surface area (Å²) in [6.45, 7) is 6.97. The van der Waals surface area contributed by atoms with Crippen molar-refractivity contribution < 1.29 is 4.74 Å². The fourth-order valence-corrected chi connectivity index (χ4v) is 2.61. The molecule has 1 aliphatic rings. The minimum atomic E-state index is 0.593. The van der Waals surface area contributed by atoms with Gasteiger partial charge in [0.2, 0.25) is 0 Å². The van der Waals surface area contributed by atoms with Gasteiger partial charge in [0.15, 0.2) is 0 Å². The molecule has 19 heavy (non-hydrogen) atoms. The van der Waals surface area contributed by atoms with Crippen molar-refractivity contribution in [2.75, 3.05) is 37.4 Å². The lowest BCUT2D eigenvalue weighted by Gasteiger charge is -2.21. The fraction of sp³-hybridized carbons (Fsp3) is 0.714. The highest BCUT2D eigenvalue weighted by atomic mass is 16.5. The largest absolute Gasteiger partial charge is 0.384 e. The highest BCUT2D eigenvalue weighted by Crippen LogP contribution is 2.27. The van der Waals surface area contributed by atoms with Crippen LogP contribution in [0.1, 0.15) is 31.2 Å². The maximum absolute atomic E-state index is 6.01. The van der Waals surface area contributed by atoms with Gasteiger partial charge in [-0.1, -0.05) is 6.92 Å². The van der Waals surface area contributed by atoms with Crippen LogP contribution in [0.25, 0.3) is 0 Å². The van der Waals surface area contributed by atoms with Crippen molar-refractivity contribution in [3.05, 3.63) is 11.4 Å². The third-order valence-corrected chi connectivity index (χ3v) is 3.67. The third-order valence-electron chi connectivity index (χ3n) is 3.67. The molecular formula is C14H24N4O. The average molecular weight is 264 g/mol. The van der Waals surface area contributed by atoms with Crippen LogP contribution in [0.3, 0.4) is 0 Å². The maximum atomic E-state index is 6.01. The van der Waals surface area contributed by atoms with E-state index in [9.17, 15) is 0 Å². The first-order valence-corrected chi connectivity index (χ1v) is 7.02. The molecule has 1 aromatic heterocycles. The van der Waals surface area contributed by atoms with Crippen LogP contribution in [0.4, 0.5) is 11.6 Å². The number of hydrogen-bond donors (Lipinski definition) is 1. The summed E-state index contributed by atoms with van der Waals surface area (Å²) in [5.41, 5.74) is 7.01. The Labute approximate surface area is 115 Å². The fourth-order valence-electron chi connectivity index (χ4n) is 2.61. The van der Waals surface area contributed by atoms with Crippen molar-refractivity contribution in [2.45, 2.75) is 33.1 Å². The van der Waals surface area contributed by atoms with Gasteiger partial charge in [0.1, 0.15) is 17.5 Å². The molecule has 1 aromatic rings. The van der Waals surface area contributed by atoms with Gasteiger partial charge in [0.05, 0.1) is 6.61 Å². The van der Waals surface area contributed by atoms with E-state index in [-0.39, 0.29) is 0 Å². The van der Waals surface area contributed by atoms with Crippen LogP contribution < -0.4 is 10.6 Å². The van der Waals surface area contributed by atoms with Crippen molar-refractivity contribution in [3.8, 4) is 0 Å². The van der Waals surface area contributed by atoms with E-state index in [0.29, 0.717) is 11.7 Å². The topological polar surface area (TPSA) is 64.3 Å². The van der Waals surface area contributed by atoms with Gasteiger partial charge in [-0.3, -0.25) is 0 Å². The first-order valence-electron chi connectivity index (χ1n) is 7.02. The Morgan fingerprint density at radius 2 is 2.21 bits per heavy atom. The van der Waals surface area contributed by atoms with Gasteiger partial charge in [-0.25, -0.2) is 9.97 Å². The highest BCUT2D eigenvalue weighted by molar-refractivity contribution is 5.57. The third kappa shape index (κ3) is 3.15. The van der Waals surface area contributed by atoms with Gasteiger partial charge in [-0.2, -0.15) is 0 Å². The molecular weight excluding hydrogens is 240 g/mol. The van der Waals surface area contributed by atoms with Crippen molar-refractivity contribution in [3.63, 3.8) is 0 Å². The molecule has 0 amide bonds. The van der Waals surface area contributed by atoms with Crippen molar-refractivity contribution in [1.29, 1.82) is 0 Å². The van der Waals surface area contributed by atoms with Crippen molar-refractivity contribution in [1.82, 2.24) is 9.97 Å². The van der Waals surface area contributed by atoms with E-state index in [1.807, 2.05) is 6.92 Å². The number of nitrogen functional groups attached to an aromatic ring is 1. The number of ether oxygens (including phenoxy) is 1. The van der Waals surface area contributed by atoms with Crippen LogP contribution >= 0.6 is 0 Å². The average Bonchev–Trinajstić information content (AvgIpc) is 2.83. The van der Waals surface area contributed by atoms with Crippen LogP contribution in [0.2, 0.25) is 0 Å². The van der Waals surface area contributed by atoms with E-state index in [1.165, 1.54) is 0 Å². The van der Waals surface area contributed by atoms with E-state index in [1.54, 1.807) is 7.11 Å². The second-order valence-corrected chi connectivity index (χ2v) is 5.28. The minimum absolute atomic E-state index is 0.593. The van der Waals surface area contributed by atoms with Crippen LogP contribution in [-0.2, 0) is 11.2 Å². The number of hydrogen-bond acceptors (Lipinski definition) is 5. The minimum Gasteiger partial charge on any atom is -0.384 e. The molecule has 106 valence electrons. The summed E-state index contributed by atoms with van der Waals surface area (Å²) in [6.07, 6.45) is 3.07. The van der Waals surface area contributed by atoms with E-state index in [2.05, 4.69) is 16.8 Å². The van der Waals surface area contributed by atoms with Gasteiger partial charge in [0.25, 0.3) is 0 Å². The predicted molar refractivity (Wildman–Crippen MR) is 77.4 cm³/mol. The molecule has 0 radical (unpaired) electrons. The molecule has 1 aliphatic heterocycles. The van der Waals surface area contributed by atoms with Crippen molar-refractivity contribution in [2.24, 2.45) is 5.92 Å². The zero-order valence-electron chi connectivity index (χ0n) is 12.1. The molecule has 2 rings (SSSR count). The van der Waals surface area contributed by atoms with Gasteiger partial charge in [-0.05, 0) is 19.8 Å². The maximum Gasteiger partial charge on any atom is 0.137 e. The molecule has 2 N–H and O–H groups in total. The normalized spacial score (nSPS) is 19.1. The Morgan fingerprint density at radius 1 is 1.42 bits per heavy atom. The first-order chi connectivity index (χ1) is 9.15. The molecule has 2 heterocycles. The SMILES string of the molecule is CCCc1nc(N)c(C)c(N2CCC(COC)C2)n1. The van der Waals surface area contributed by atoms with E-state index in [0.717, 1.165) is 56.2 Å². The number of aryl methyl sites for hydroxylation is 1. The van der Waals surface area contributed by atoms with E-state index in [4.69, 9.17) is 15.5 Å². The van der Waals surface area contributed by atoms with Gasteiger partial charge in [-0.15, -0.1) is 0 Å². The lowest BCUT2D eigenvalue weighted by molar-refractivity contribution is 0.161. The monoisotopic (exact) mass is 264 g/mol. The summed E-state index contributed by atoms with van der Waals surface area (Å²) < 4.78 is 5.24. The molecule has 1 fully saturated rings. The zero-order valence-corrected chi connectivity index (χ0v) is 12.1.